The fraction of sp³-hybridized carbons (Fsp3) is 0.235. The molecular formula is C17H15N3OS. The quantitative estimate of drug-likeness (QED) is 0.806. The van der Waals surface area contributed by atoms with Crippen molar-refractivity contribution in [2.75, 3.05) is 0 Å². The van der Waals surface area contributed by atoms with Crippen LogP contribution in [0.3, 0.4) is 0 Å². The predicted octanol–water partition coefficient (Wildman–Crippen LogP) is 3.37. The highest BCUT2D eigenvalue weighted by atomic mass is 32.1. The van der Waals surface area contributed by atoms with E-state index in [4.69, 9.17) is 5.73 Å². The molecule has 22 heavy (non-hydrogen) atoms. The van der Waals surface area contributed by atoms with Gasteiger partial charge in [-0.15, -0.1) is 11.3 Å². The van der Waals surface area contributed by atoms with Crippen LogP contribution in [-0.4, -0.2) is 15.9 Å². The van der Waals surface area contributed by atoms with Gasteiger partial charge in [0.15, 0.2) is 0 Å². The summed E-state index contributed by atoms with van der Waals surface area (Å²) in [4.78, 5) is 21.8. The van der Waals surface area contributed by atoms with Crippen molar-refractivity contribution in [2.24, 2.45) is 5.73 Å². The van der Waals surface area contributed by atoms with Crippen molar-refractivity contribution in [3.63, 3.8) is 0 Å². The molecule has 1 saturated carbocycles. The van der Waals surface area contributed by atoms with Crippen LogP contribution in [0, 0.1) is 6.92 Å². The summed E-state index contributed by atoms with van der Waals surface area (Å²) in [6.45, 7) is 1.93. The first-order chi connectivity index (χ1) is 10.6. The molecule has 2 heterocycles. The van der Waals surface area contributed by atoms with Crippen LogP contribution in [0.1, 0.15) is 45.7 Å². The minimum absolute atomic E-state index is 0.320. The molecule has 1 fully saturated rings. The van der Waals surface area contributed by atoms with Crippen molar-refractivity contribution in [3.8, 4) is 0 Å². The molecule has 2 N–H and O–H groups in total. The zero-order chi connectivity index (χ0) is 15.3. The van der Waals surface area contributed by atoms with Crippen LogP contribution in [0.5, 0.6) is 0 Å². The summed E-state index contributed by atoms with van der Waals surface area (Å²) in [7, 11) is 0. The molecule has 1 amide bonds. The third-order valence-electron chi connectivity index (χ3n) is 4.23. The highest BCUT2D eigenvalue weighted by Crippen LogP contribution is 2.56. The van der Waals surface area contributed by atoms with Gasteiger partial charge in [-0.25, -0.2) is 9.97 Å². The van der Waals surface area contributed by atoms with Crippen LogP contribution in [-0.2, 0) is 0 Å². The van der Waals surface area contributed by atoms with Gasteiger partial charge in [-0.05, 0) is 42.3 Å². The molecular weight excluding hydrogens is 294 g/mol. The first kappa shape index (κ1) is 13.4. The Kier molecular flexibility index (Phi) is 2.97. The van der Waals surface area contributed by atoms with Gasteiger partial charge in [0.25, 0.3) is 0 Å². The normalized spacial score (nSPS) is 20.2. The molecule has 0 radical (unpaired) electrons. The van der Waals surface area contributed by atoms with Gasteiger partial charge in [0, 0.05) is 16.9 Å². The minimum Gasteiger partial charge on any atom is -0.366 e. The van der Waals surface area contributed by atoms with Crippen molar-refractivity contribution in [3.05, 3.63) is 58.4 Å². The van der Waals surface area contributed by atoms with Crippen molar-refractivity contribution < 1.29 is 4.79 Å². The number of amides is 1. The van der Waals surface area contributed by atoms with Gasteiger partial charge >= 0.3 is 0 Å². The maximum Gasteiger partial charge on any atom is 0.248 e. The summed E-state index contributed by atoms with van der Waals surface area (Å²) in [6.07, 6.45) is 1.01. The van der Waals surface area contributed by atoms with Crippen LogP contribution >= 0.6 is 11.3 Å². The molecule has 1 aliphatic carbocycles. The Morgan fingerprint density at radius 2 is 2.05 bits per heavy atom. The van der Waals surface area contributed by atoms with Gasteiger partial charge in [0.05, 0.1) is 5.69 Å². The number of fused-ring (bicyclic) bond motifs is 1. The molecule has 0 unspecified atom stereocenters. The number of carbonyl (C=O) groups excluding carboxylic acids is 1. The third-order valence-corrected chi connectivity index (χ3v) is 5.04. The number of thiophene rings is 1. The SMILES string of the molecule is Cc1nc([C@@H]2C[C@H]2c2ccccc2C(N)=O)c2ccsc2n1. The van der Waals surface area contributed by atoms with Crippen LogP contribution in [0.15, 0.2) is 35.7 Å². The van der Waals surface area contributed by atoms with E-state index in [0.717, 1.165) is 33.7 Å². The number of carbonyl (C=O) groups is 1. The number of nitrogens with two attached hydrogens (primary N) is 1. The predicted molar refractivity (Wildman–Crippen MR) is 87.2 cm³/mol. The van der Waals surface area contributed by atoms with Gasteiger partial charge in [0.2, 0.25) is 5.91 Å². The van der Waals surface area contributed by atoms with Gasteiger partial charge in [-0.2, -0.15) is 0 Å². The summed E-state index contributed by atoms with van der Waals surface area (Å²) in [5.74, 6) is 1.11. The number of nitrogens with zero attached hydrogens (tertiary/aromatic N) is 2. The van der Waals surface area contributed by atoms with E-state index in [1.165, 1.54) is 0 Å². The second kappa shape index (κ2) is 4.88. The molecule has 110 valence electrons. The Bertz CT molecular complexity index is 886. The largest absolute Gasteiger partial charge is 0.366 e. The average molecular weight is 309 g/mol. The number of benzene rings is 1. The maximum absolute atomic E-state index is 11.6. The highest BCUT2D eigenvalue weighted by molar-refractivity contribution is 7.16. The van der Waals surface area contributed by atoms with E-state index in [2.05, 4.69) is 21.4 Å². The molecule has 1 aromatic carbocycles. The van der Waals surface area contributed by atoms with Crippen LogP contribution < -0.4 is 5.73 Å². The molecule has 0 saturated heterocycles. The van der Waals surface area contributed by atoms with Gasteiger partial charge in [-0.1, -0.05) is 18.2 Å². The summed E-state index contributed by atoms with van der Waals surface area (Å²) < 4.78 is 0. The molecule has 4 nitrogen and oxygen atoms in total. The third kappa shape index (κ3) is 2.09. The molecule has 0 aliphatic heterocycles. The van der Waals surface area contributed by atoms with Gasteiger partial charge in [-0.3, -0.25) is 4.79 Å². The molecule has 2 atom stereocenters. The van der Waals surface area contributed by atoms with Crippen molar-refractivity contribution in [1.29, 1.82) is 0 Å². The molecule has 4 rings (SSSR count). The van der Waals surface area contributed by atoms with Crippen LogP contribution in [0.25, 0.3) is 10.2 Å². The monoisotopic (exact) mass is 309 g/mol. The summed E-state index contributed by atoms with van der Waals surface area (Å²) >= 11 is 1.64. The van der Waals surface area contributed by atoms with E-state index in [-0.39, 0.29) is 5.91 Å². The van der Waals surface area contributed by atoms with Gasteiger partial charge in [0.1, 0.15) is 10.7 Å². The number of aromatic nitrogens is 2. The second-order valence-corrected chi connectivity index (χ2v) is 6.59. The topological polar surface area (TPSA) is 68.9 Å². The first-order valence-corrected chi connectivity index (χ1v) is 8.13. The lowest BCUT2D eigenvalue weighted by molar-refractivity contribution is 0.0999. The number of hydrogen-bond donors (Lipinski definition) is 1. The summed E-state index contributed by atoms with van der Waals surface area (Å²) in [6, 6.07) is 9.71. The Hall–Kier alpha value is -2.27. The molecule has 0 spiro atoms. The van der Waals surface area contributed by atoms with E-state index in [0.29, 0.717) is 17.4 Å². The molecule has 3 aromatic rings. The zero-order valence-corrected chi connectivity index (χ0v) is 12.9. The fourth-order valence-corrected chi connectivity index (χ4v) is 3.98. The van der Waals surface area contributed by atoms with Crippen molar-refractivity contribution >= 4 is 27.5 Å². The average Bonchev–Trinajstić information content (AvgIpc) is 3.16. The molecule has 1 aliphatic rings. The standard InChI is InChI=1S/C17H15N3OS/c1-9-19-15(12-6-7-22-17(12)20-9)14-8-13(14)10-4-2-3-5-11(10)16(18)21/h2-7,13-14H,8H2,1H3,(H2,18,21)/t13-,14+/m0/s1. The van der Waals surface area contributed by atoms with Crippen LogP contribution in [0.4, 0.5) is 0 Å². The van der Waals surface area contributed by atoms with Crippen LogP contribution in [0.2, 0.25) is 0 Å². The van der Waals surface area contributed by atoms with Crippen molar-refractivity contribution in [2.45, 2.75) is 25.2 Å². The number of aryl methyl sites for hydroxylation is 1. The lowest BCUT2D eigenvalue weighted by Crippen LogP contribution is -2.13. The lowest BCUT2D eigenvalue weighted by atomic mass is 10.0. The van der Waals surface area contributed by atoms with E-state index >= 15 is 0 Å². The zero-order valence-electron chi connectivity index (χ0n) is 12.1. The summed E-state index contributed by atoms with van der Waals surface area (Å²) in [5.41, 5.74) is 8.27. The highest BCUT2D eigenvalue weighted by Gasteiger charge is 2.43. The first-order valence-electron chi connectivity index (χ1n) is 7.25. The Morgan fingerprint density at radius 3 is 2.86 bits per heavy atom. The minimum atomic E-state index is -0.360. The smallest absolute Gasteiger partial charge is 0.248 e. The second-order valence-electron chi connectivity index (χ2n) is 5.70. The Labute approximate surface area is 132 Å². The maximum atomic E-state index is 11.6. The van der Waals surface area contributed by atoms with E-state index in [9.17, 15) is 4.79 Å². The fourth-order valence-electron chi connectivity index (χ4n) is 3.16. The Morgan fingerprint density at radius 1 is 1.23 bits per heavy atom. The number of hydrogen-bond acceptors (Lipinski definition) is 4. The van der Waals surface area contributed by atoms with E-state index in [1.54, 1.807) is 17.4 Å². The number of primary amides is 1. The van der Waals surface area contributed by atoms with Crippen molar-refractivity contribution in [1.82, 2.24) is 9.97 Å². The molecule has 5 heteroatoms. The van der Waals surface area contributed by atoms with E-state index in [1.807, 2.05) is 25.1 Å². The molecule has 0 bridgehead atoms. The van der Waals surface area contributed by atoms with Gasteiger partial charge < -0.3 is 5.73 Å². The molecule has 2 aromatic heterocycles. The number of rotatable bonds is 3. The lowest BCUT2D eigenvalue weighted by Gasteiger charge is -2.07. The van der Waals surface area contributed by atoms with E-state index < -0.39 is 0 Å². The Balaban J connectivity index is 1.75. The summed E-state index contributed by atoms with van der Waals surface area (Å²) in [5, 5.41) is 3.19.